The summed E-state index contributed by atoms with van der Waals surface area (Å²) in [4.78, 5) is 32.2. The average Bonchev–Trinajstić information content (AvgIpc) is 2.52. The fraction of sp³-hybridized carbons (Fsp3) is 0.533. The van der Waals surface area contributed by atoms with E-state index >= 15 is 0 Å². The summed E-state index contributed by atoms with van der Waals surface area (Å²) >= 11 is 0. The minimum Gasteiger partial charge on any atom is -0.356 e. The van der Waals surface area contributed by atoms with E-state index in [0.717, 1.165) is 11.5 Å². The lowest BCUT2D eigenvalue weighted by atomic mass is 10.1. The number of aromatic nitrogens is 1. The van der Waals surface area contributed by atoms with Gasteiger partial charge < -0.3 is 20.9 Å². The Morgan fingerprint density at radius 1 is 1.41 bits per heavy atom. The fourth-order valence-electron chi connectivity index (χ4n) is 2.31. The van der Waals surface area contributed by atoms with E-state index in [1.807, 2.05) is 31.9 Å². The third-order valence-electron chi connectivity index (χ3n) is 3.81. The Bertz CT molecular complexity index is 561. The molecular weight excluding hydrogens is 282 g/mol. The fourth-order valence-corrected chi connectivity index (χ4v) is 2.31. The topological polar surface area (TPSA) is 91.6 Å². The minimum absolute atomic E-state index is 0.0312. The van der Waals surface area contributed by atoms with Crippen LogP contribution in [0.25, 0.3) is 0 Å². The van der Waals surface area contributed by atoms with Gasteiger partial charge in [-0.25, -0.2) is 4.98 Å². The Hall–Kier alpha value is -2.15. The maximum atomic E-state index is 12.4. The molecule has 0 unspecified atom stereocenters. The number of amides is 2. The number of hydrogen-bond acceptors (Lipinski definition) is 5. The summed E-state index contributed by atoms with van der Waals surface area (Å²) in [7, 11) is 1.94. The molecule has 1 aliphatic heterocycles. The Balaban J connectivity index is 2.02. The lowest BCUT2D eigenvalue weighted by molar-refractivity contribution is -0.126. The van der Waals surface area contributed by atoms with Crippen molar-refractivity contribution < 1.29 is 9.59 Å². The van der Waals surface area contributed by atoms with Gasteiger partial charge in [-0.3, -0.25) is 9.59 Å². The van der Waals surface area contributed by atoms with Gasteiger partial charge in [0.05, 0.1) is 18.3 Å². The molecule has 0 spiro atoms. The van der Waals surface area contributed by atoms with Gasteiger partial charge in [-0.1, -0.05) is 13.8 Å². The normalized spacial score (nSPS) is 15.5. The number of anilines is 2. The van der Waals surface area contributed by atoms with E-state index in [2.05, 4.69) is 10.3 Å². The largest absolute Gasteiger partial charge is 0.356 e. The second-order valence-electron chi connectivity index (χ2n) is 5.80. The molecule has 0 fully saturated rings. The number of likely N-dealkylation sites (N-methyl/N-ethyl adjacent to an activating group) is 1. The molecule has 1 aromatic heterocycles. The van der Waals surface area contributed by atoms with Crippen molar-refractivity contribution in [2.45, 2.75) is 19.9 Å². The van der Waals surface area contributed by atoms with Crippen molar-refractivity contribution in [3.8, 4) is 0 Å². The zero-order chi connectivity index (χ0) is 16.3. The second-order valence-corrected chi connectivity index (χ2v) is 5.80. The van der Waals surface area contributed by atoms with Gasteiger partial charge >= 0.3 is 0 Å². The molecule has 3 N–H and O–H groups in total. The molecule has 0 radical (unpaired) electrons. The van der Waals surface area contributed by atoms with Crippen molar-refractivity contribution in [1.29, 1.82) is 0 Å². The number of carbonyl (C=O) groups excluding carboxylic acids is 2. The lowest BCUT2D eigenvalue weighted by Crippen LogP contribution is -2.50. The zero-order valence-electron chi connectivity index (χ0n) is 13.2. The van der Waals surface area contributed by atoms with Crippen LogP contribution in [0.4, 0.5) is 11.5 Å². The SMILES string of the molecule is CC(C)[C@H](N)C(=O)NCC(=O)N1CCN(C)c2ncccc21. The molecule has 0 saturated carbocycles. The number of nitrogens with two attached hydrogens (primary N) is 1. The van der Waals surface area contributed by atoms with Crippen LogP contribution in [-0.4, -0.2) is 49.5 Å². The van der Waals surface area contributed by atoms with Crippen molar-refractivity contribution in [2.75, 3.05) is 36.5 Å². The van der Waals surface area contributed by atoms with E-state index in [-0.39, 0.29) is 24.3 Å². The molecule has 2 rings (SSSR count). The van der Waals surface area contributed by atoms with Crippen LogP contribution in [0.2, 0.25) is 0 Å². The molecule has 120 valence electrons. The van der Waals surface area contributed by atoms with Crippen molar-refractivity contribution in [3.63, 3.8) is 0 Å². The highest BCUT2D eigenvalue weighted by molar-refractivity contribution is 6.00. The number of hydrogen-bond donors (Lipinski definition) is 2. The number of carbonyl (C=O) groups is 2. The maximum Gasteiger partial charge on any atom is 0.246 e. The molecule has 1 aliphatic rings. The Morgan fingerprint density at radius 2 is 2.14 bits per heavy atom. The van der Waals surface area contributed by atoms with E-state index in [1.165, 1.54) is 0 Å². The summed E-state index contributed by atoms with van der Waals surface area (Å²) in [5, 5.41) is 2.61. The Labute approximate surface area is 130 Å². The number of nitrogens with one attached hydrogen (secondary N) is 1. The third-order valence-corrected chi connectivity index (χ3v) is 3.81. The summed E-state index contributed by atoms with van der Waals surface area (Å²) in [5.41, 5.74) is 6.53. The molecule has 0 aromatic carbocycles. The zero-order valence-corrected chi connectivity index (χ0v) is 13.2. The first-order chi connectivity index (χ1) is 10.4. The minimum atomic E-state index is -0.603. The molecule has 0 bridgehead atoms. The maximum absolute atomic E-state index is 12.4. The molecule has 22 heavy (non-hydrogen) atoms. The Morgan fingerprint density at radius 3 is 2.82 bits per heavy atom. The molecule has 0 aliphatic carbocycles. The van der Waals surface area contributed by atoms with Crippen LogP contribution in [0.5, 0.6) is 0 Å². The predicted octanol–water partition coefficient (Wildman–Crippen LogP) is -0.0361. The van der Waals surface area contributed by atoms with E-state index in [0.29, 0.717) is 13.1 Å². The number of pyridine rings is 1. The third kappa shape index (κ3) is 3.36. The summed E-state index contributed by atoms with van der Waals surface area (Å²) in [6.45, 7) is 4.95. The van der Waals surface area contributed by atoms with Crippen LogP contribution in [0.1, 0.15) is 13.8 Å². The molecule has 0 saturated heterocycles. The van der Waals surface area contributed by atoms with Gasteiger partial charge in [0.15, 0.2) is 5.82 Å². The highest BCUT2D eigenvalue weighted by Crippen LogP contribution is 2.29. The summed E-state index contributed by atoms with van der Waals surface area (Å²) in [6, 6.07) is 3.05. The standard InChI is InChI=1S/C15H23N5O2/c1-10(2)13(16)15(22)18-9-12(21)20-8-7-19(3)14-11(20)5-4-6-17-14/h4-6,10,13H,7-9,16H2,1-3H3,(H,18,22)/t13-/m0/s1. The number of nitrogens with zero attached hydrogens (tertiary/aromatic N) is 3. The van der Waals surface area contributed by atoms with Gasteiger partial charge in [0.1, 0.15) is 0 Å². The highest BCUT2D eigenvalue weighted by Gasteiger charge is 2.26. The number of fused-ring (bicyclic) bond motifs is 1. The van der Waals surface area contributed by atoms with Gasteiger partial charge in [0, 0.05) is 26.3 Å². The van der Waals surface area contributed by atoms with Crippen LogP contribution in [0, 0.1) is 5.92 Å². The van der Waals surface area contributed by atoms with Crippen molar-refractivity contribution in [1.82, 2.24) is 10.3 Å². The summed E-state index contributed by atoms with van der Waals surface area (Å²) in [5.74, 6) is 0.339. The van der Waals surface area contributed by atoms with Crippen molar-refractivity contribution in [2.24, 2.45) is 11.7 Å². The van der Waals surface area contributed by atoms with Gasteiger partial charge in [0.2, 0.25) is 11.8 Å². The molecule has 1 atom stereocenters. The quantitative estimate of drug-likeness (QED) is 0.815. The van der Waals surface area contributed by atoms with Gasteiger partial charge in [-0.15, -0.1) is 0 Å². The first-order valence-corrected chi connectivity index (χ1v) is 7.41. The van der Waals surface area contributed by atoms with E-state index in [9.17, 15) is 9.59 Å². The van der Waals surface area contributed by atoms with Crippen LogP contribution in [0.3, 0.4) is 0 Å². The van der Waals surface area contributed by atoms with Crippen molar-refractivity contribution in [3.05, 3.63) is 18.3 Å². The molecular formula is C15H23N5O2. The van der Waals surface area contributed by atoms with Crippen LogP contribution in [0.15, 0.2) is 18.3 Å². The highest BCUT2D eigenvalue weighted by atomic mass is 16.2. The molecule has 2 heterocycles. The number of rotatable bonds is 4. The summed E-state index contributed by atoms with van der Waals surface area (Å²) in [6.07, 6.45) is 1.70. The second kappa shape index (κ2) is 6.74. The molecule has 7 heteroatoms. The predicted molar refractivity (Wildman–Crippen MR) is 85.7 cm³/mol. The molecule has 2 amide bonds. The van der Waals surface area contributed by atoms with Gasteiger partial charge in [0.25, 0.3) is 0 Å². The van der Waals surface area contributed by atoms with Crippen LogP contribution >= 0.6 is 0 Å². The molecule has 1 aromatic rings. The monoisotopic (exact) mass is 305 g/mol. The van der Waals surface area contributed by atoms with E-state index in [4.69, 9.17) is 5.73 Å². The molecule has 7 nitrogen and oxygen atoms in total. The first kappa shape index (κ1) is 16.2. The average molecular weight is 305 g/mol. The van der Waals surface area contributed by atoms with Gasteiger partial charge in [-0.2, -0.15) is 0 Å². The van der Waals surface area contributed by atoms with Crippen molar-refractivity contribution >= 4 is 23.3 Å². The van der Waals surface area contributed by atoms with Gasteiger partial charge in [-0.05, 0) is 18.1 Å². The van der Waals surface area contributed by atoms with Crippen LogP contribution in [-0.2, 0) is 9.59 Å². The Kier molecular flexibility index (Phi) is 4.97. The smallest absolute Gasteiger partial charge is 0.246 e. The van der Waals surface area contributed by atoms with E-state index < -0.39 is 6.04 Å². The van der Waals surface area contributed by atoms with Crippen LogP contribution < -0.4 is 20.9 Å². The lowest BCUT2D eigenvalue weighted by Gasteiger charge is -2.34. The first-order valence-electron chi connectivity index (χ1n) is 7.41. The summed E-state index contributed by atoms with van der Waals surface area (Å²) < 4.78 is 0. The van der Waals surface area contributed by atoms with E-state index in [1.54, 1.807) is 17.2 Å².